The van der Waals surface area contributed by atoms with Crippen LogP contribution in [-0.4, -0.2) is 68.5 Å². The summed E-state index contributed by atoms with van der Waals surface area (Å²) in [6, 6.07) is 3.50. The van der Waals surface area contributed by atoms with Gasteiger partial charge in [0.2, 0.25) is 5.91 Å². The monoisotopic (exact) mass is 470 g/mol. The van der Waals surface area contributed by atoms with Crippen molar-refractivity contribution in [1.29, 1.82) is 0 Å². The van der Waals surface area contributed by atoms with Crippen LogP contribution in [0.25, 0.3) is 0 Å². The van der Waals surface area contributed by atoms with E-state index in [4.69, 9.17) is 4.74 Å². The number of aliphatic hydroxyl groups excluding tert-OH is 1. The van der Waals surface area contributed by atoms with Crippen molar-refractivity contribution in [3.63, 3.8) is 0 Å². The molecule has 4 heterocycles. The standard InChI is InChI=1S/C25H32N3O6/c1-22(2)10-16(30)19-17(34-22)6-5-13-20(19)26-21(31)25(13)11-24(28(32)33)12-27-8-7-15(29)14(27)9-18(24)23(25,3)4/h5-6,14-15,18,29,32H,7-12H2,1-4H3,(H,26,31)/q-1. The van der Waals surface area contributed by atoms with Gasteiger partial charge in [-0.25, -0.2) is 0 Å². The van der Waals surface area contributed by atoms with E-state index in [9.17, 15) is 25.1 Å². The number of hydrogen-bond donors (Lipinski definition) is 3. The molecule has 3 N–H and O–H groups in total. The normalized spacial score (nSPS) is 39.5. The average Bonchev–Trinajstić information content (AvgIpc) is 3.30. The van der Waals surface area contributed by atoms with Gasteiger partial charge in [0.1, 0.15) is 11.4 Å². The average molecular weight is 471 g/mol. The summed E-state index contributed by atoms with van der Waals surface area (Å²) >= 11 is 0. The van der Waals surface area contributed by atoms with Gasteiger partial charge in [-0.05, 0) is 56.1 Å². The van der Waals surface area contributed by atoms with Crippen molar-refractivity contribution >= 4 is 17.4 Å². The number of carbonyl (C=O) groups is 2. The van der Waals surface area contributed by atoms with E-state index in [-0.39, 0.29) is 48.3 Å². The summed E-state index contributed by atoms with van der Waals surface area (Å²) in [7, 11) is 0. The molecule has 0 bridgehead atoms. The van der Waals surface area contributed by atoms with Crippen molar-refractivity contribution < 1.29 is 24.6 Å². The van der Waals surface area contributed by atoms with Crippen molar-refractivity contribution in [2.45, 2.75) is 82.1 Å². The Labute approximate surface area is 198 Å². The maximum atomic E-state index is 13.9. The number of rotatable bonds is 1. The first-order chi connectivity index (χ1) is 15.8. The lowest BCUT2D eigenvalue weighted by Crippen LogP contribution is -2.62. The van der Waals surface area contributed by atoms with Crippen LogP contribution >= 0.6 is 0 Å². The number of nitrogens with one attached hydrogen (secondary N) is 1. The van der Waals surface area contributed by atoms with Crippen molar-refractivity contribution in [2.24, 2.45) is 11.3 Å². The van der Waals surface area contributed by atoms with Gasteiger partial charge in [0.05, 0.1) is 34.7 Å². The number of hydrogen-bond acceptors (Lipinski definition) is 8. The highest BCUT2D eigenvalue weighted by Gasteiger charge is 2.73. The van der Waals surface area contributed by atoms with Crippen LogP contribution in [0, 0.1) is 16.5 Å². The predicted octanol–water partition coefficient (Wildman–Crippen LogP) is 2.43. The molecular formula is C25H32N3O6-. The second-order valence-corrected chi connectivity index (χ2v) is 12.1. The second kappa shape index (κ2) is 6.59. The van der Waals surface area contributed by atoms with E-state index >= 15 is 0 Å². The Bertz CT molecular complexity index is 1120. The number of hydroxylamine groups is 2. The zero-order valence-corrected chi connectivity index (χ0v) is 20.1. The van der Waals surface area contributed by atoms with Gasteiger partial charge >= 0.3 is 0 Å². The Morgan fingerprint density at radius 3 is 2.68 bits per heavy atom. The van der Waals surface area contributed by atoms with Crippen LogP contribution in [0.1, 0.15) is 69.3 Å². The Morgan fingerprint density at radius 1 is 1.24 bits per heavy atom. The van der Waals surface area contributed by atoms with Crippen molar-refractivity contribution in [2.75, 3.05) is 18.4 Å². The van der Waals surface area contributed by atoms with Crippen LogP contribution < -0.4 is 10.1 Å². The van der Waals surface area contributed by atoms with Crippen LogP contribution in [0.2, 0.25) is 0 Å². The Balaban J connectivity index is 1.53. The van der Waals surface area contributed by atoms with E-state index in [1.54, 1.807) is 6.07 Å². The summed E-state index contributed by atoms with van der Waals surface area (Å²) < 4.78 is 6.06. The van der Waals surface area contributed by atoms with Crippen molar-refractivity contribution in [1.82, 2.24) is 10.1 Å². The van der Waals surface area contributed by atoms with E-state index in [1.807, 2.05) is 33.8 Å². The lowest BCUT2D eigenvalue weighted by Gasteiger charge is -2.55. The molecule has 1 spiro atoms. The zero-order valence-electron chi connectivity index (χ0n) is 20.1. The van der Waals surface area contributed by atoms with Crippen molar-refractivity contribution in [3.8, 4) is 5.75 Å². The molecular weight excluding hydrogens is 438 g/mol. The van der Waals surface area contributed by atoms with Crippen LogP contribution in [0.5, 0.6) is 5.75 Å². The molecule has 2 saturated heterocycles. The third-order valence-electron chi connectivity index (χ3n) is 9.66. The molecule has 1 aliphatic carbocycles. The molecule has 3 fully saturated rings. The van der Waals surface area contributed by atoms with E-state index < -0.39 is 28.1 Å². The maximum Gasteiger partial charge on any atom is 0.235 e. The third-order valence-corrected chi connectivity index (χ3v) is 9.66. The van der Waals surface area contributed by atoms with Crippen LogP contribution in [0.3, 0.4) is 0 Å². The number of ether oxygens (including phenoxy) is 1. The van der Waals surface area contributed by atoms with Crippen LogP contribution in [0.15, 0.2) is 12.1 Å². The number of piperidine rings is 1. The Morgan fingerprint density at radius 2 is 1.97 bits per heavy atom. The first kappa shape index (κ1) is 22.4. The highest BCUT2D eigenvalue weighted by Crippen LogP contribution is 2.69. The largest absolute Gasteiger partial charge is 0.762 e. The number of ketones is 1. The molecule has 1 aromatic carbocycles. The SMILES string of the molecule is CC1(C)CC(=O)c2c(ccc3c2NC(=O)C32CC3(N([O-])O)CN4CCC(O)C4CC3C2(C)C)O1. The summed E-state index contributed by atoms with van der Waals surface area (Å²) in [6.45, 7) is 8.62. The van der Waals surface area contributed by atoms with Gasteiger partial charge in [0, 0.05) is 19.1 Å². The number of aliphatic hydroxyl groups is 1. The number of nitrogens with zero attached hydrogens (tertiary/aromatic N) is 2. The Kier molecular flexibility index (Phi) is 4.34. The van der Waals surface area contributed by atoms with Crippen LogP contribution in [0.4, 0.5) is 5.69 Å². The fourth-order valence-electron chi connectivity index (χ4n) is 8.11. The lowest BCUT2D eigenvalue weighted by atomic mass is 9.60. The molecule has 1 amide bonds. The number of fused-ring (bicyclic) bond motifs is 6. The summed E-state index contributed by atoms with van der Waals surface area (Å²) in [5, 5.41) is 37.0. The minimum Gasteiger partial charge on any atom is -0.762 e. The summed E-state index contributed by atoms with van der Waals surface area (Å²) in [4.78, 5) is 29.1. The summed E-state index contributed by atoms with van der Waals surface area (Å²) in [5.74, 6) is -0.221. The summed E-state index contributed by atoms with van der Waals surface area (Å²) in [6.07, 6.45) is 0.999. The minimum atomic E-state index is -1.19. The molecule has 4 aliphatic heterocycles. The number of anilines is 1. The van der Waals surface area contributed by atoms with Gasteiger partial charge in [-0.2, -0.15) is 0 Å². The van der Waals surface area contributed by atoms with E-state index in [2.05, 4.69) is 10.2 Å². The highest BCUT2D eigenvalue weighted by molar-refractivity contribution is 6.15. The molecule has 9 nitrogen and oxygen atoms in total. The molecule has 0 radical (unpaired) electrons. The van der Waals surface area contributed by atoms with Gasteiger partial charge in [0.25, 0.3) is 0 Å². The van der Waals surface area contributed by atoms with Gasteiger partial charge in [-0.3, -0.25) is 19.7 Å². The smallest absolute Gasteiger partial charge is 0.235 e. The van der Waals surface area contributed by atoms with Gasteiger partial charge in [0.15, 0.2) is 5.78 Å². The van der Waals surface area contributed by atoms with E-state index in [1.165, 1.54) is 0 Å². The topological polar surface area (TPSA) is 125 Å². The third kappa shape index (κ3) is 2.51. The number of carbonyl (C=O) groups excluding carboxylic acids is 2. The molecule has 0 aromatic heterocycles. The van der Waals surface area contributed by atoms with Crippen molar-refractivity contribution in [3.05, 3.63) is 28.5 Å². The van der Waals surface area contributed by atoms with Gasteiger partial charge in [-0.15, -0.1) is 0 Å². The van der Waals surface area contributed by atoms with E-state index in [0.717, 1.165) is 0 Å². The van der Waals surface area contributed by atoms with Gasteiger partial charge < -0.3 is 25.6 Å². The number of amides is 1. The first-order valence-electron chi connectivity index (χ1n) is 12.1. The first-order valence-corrected chi connectivity index (χ1v) is 12.1. The second-order valence-electron chi connectivity index (χ2n) is 12.1. The molecule has 1 saturated carbocycles. The zero-order chi connectivity index (χ0) is 24.4. The maximum absolute atomic E-state index is 13.9. The summed E-state index contributed by atoms with van der Waals surface area (Å²) in [5.41, 5.74) is -2.10. The molecule has 9 heteroatoms. The van der Waals surface area contributed by atoms with E-state index in [0.29, 0.717) is 42.0 Å². The number of Topliss-reactive ketones (excluding diaryl/α,β-unsaturated/α-hetero) is 1. The lowest BCUT2D eigenvalue weighted by molar-refractivity contribution is -0.181. The van der Waals surface area contributed by atoms with Crippen LogP contribution in [-0.2, 0) is 10.2 Å². The molecule has 6 rings (SSSR count). The number of benzene rings is 1. The molecule has 5 unspecified atom stereocenters. The predicted molar refractivity (Wildman–Crippen MR) is 123 cm³/mol. The molecule has 34 heavy (non-hydrogen) atoms. The quantitative estimate of drug-likeness (QED) is 0.535. The molecule has 5 atom stereocenters. The fourth-order valence-corrected chi connectivity index (χ4v) is 8.11. The minimum absolute atomic E-state index is 0.0789. The van der Waals surface area contributed by atoms with Gasteiger partial charge in [-0.1, -0.05) is 19.9 Å². The molecule has 184 valence electrons. The molecule has 1 aromatic rings. The highest BCUT2D eigenvalue weighted by atomic mass is 16.8. The fraction of sp³-hybridized carbons (Fsp3) is 0.680. The molecule has 5 aliphatic rings. The Hall–Kier alpha value is -2.04.